The molecule has 0 fully saturated rings. The molecule has 1 aliphatic rings. The van der Waals surface area contributed by atoms with Gasteiger partial charge in [-0.05, 0) is 105 Å². The molecule has 0 bridgehead atoms. The van der Waals surface area contributed by atoms with E-state index in [9.17, 15) is 0 Å². The summed E-state index contributed by atoms with van der Waals surface area (Å²) >= 11 is 0. The molecule has 306 valence electrons. The molecule has 3 heterocycles. The molecule has 5 nitrogen and oxygen atoms in total. The highest BCUT2D eigenvalue weighted by molar-refractivity contribution is 6.11. The van der Waals surface area contributed by atoms with E-state index in [4.69, 9.17) is 19.4 Å². The highest BCUT2D eigenvalue weighted by atomic mass is 16.3. The van der Waals surface area contributed by atoms with Crippen LogP contribution < -0.4 is 0 Å². The molecule has 13 rings (SSSR count). The predicted octanol–water partition coefficient (Wildman–Crippen LogP) is 15.5. The molecule has 0 amide bonds. The van der Waals surface area contributed by atoms with Gasteiger partial charge in [0.1, 0.15) is 11.2 Å². The second kappa shape index (κ2) is 14.3. The van der Waals surface area contributed by atoms with Crippen LogP contribution in [0.1, 0.15) is 25.0 Å². The molecule has 0 saturated heterocycles. The molecule has 65 heavy (non-hydrogen) atoms. The van der Waals surface area contributed by atoms with Crippen LogP contribution in [0.25, 0.3) is 117 Å². The van der Waals surface area contributed by atoms with Crippen LogP contribution in [0.4, 0.5) is 0 Å². The van der Waals surface area contributed by atoms with Crippen molar-refractivity contribution in [3.05, 3.63) is 217 Å². The molecule has 0 spiro atoms. The van der Waals surface area contributed by atoms with Gasteiger partial charge in [0.05, 0.1) is 11.0 Å². The van der Waals surface area contributed by atoms with Gasteiger partial charge in [0.2, 0.25) is 0 Å². The van der Waals surface area contributed by atoms with E-state index in [-0.39, 0.29) is 5.41 Å². The molecule has 0 atom stereocenters. The van der Waals surface area contributed by atoms with Crippen LogP contribution in [0.15, 0.2) is 211 Å². The normalized spacial score (nSPS) is 12.9. The topological polar surface area (TPSA) is 56.7 Å². The third-order valence-corrected chi connectivity index (χ3v) is 13.5. The van der Waals surface area contributed by atoms with E-state index in [1.54, 1.807) is 0 Å². The standard InChI is InChI=1S/C60H40N4O/c1-60(2)51-34-42(26-30-45(51)48-35-50-47-21-10-12-23-55(47)65-56(50)36-52(48)60)41-27-31-54-49(33-41)46-20-9-11-22-53(46)64(54)44-28-24-37(25-29-44)40-18-13-19-43(32-40)59-62-57(38-14-5-3-6-15-38)61-58(63-59)39-16-7-4-8-17-39/h3-36H,1-2H3. The molecule has 1 aliphatic carbocycles. The summed E-state index contributed by atoms with van der Waals surface area (Å²) in [5.74, 6) is 1.93. The Bertz CT molecular complexity index is 3790. The van der Waals surface area contributed by atoms with E-state index >= 15 is 0 Å². The molecular formula is C60H40N4O. The SMILES string of the molecule is CC1(C)c2cc(-c3ccc4c(c3)c3ccccc3n4-c3ccc(-c4cccc(-c5nc(-c6ccccc6)nc(-c6ccccc6)n5)c4)cc3)ccc2-c2cc3c(cc21)oc1ccccc13. The van der Waals surface area contributed by atoms with Crippen LogP contribution in [0.3, 0.4) is 0 Å². The molecule has 0 radical (unpaired) electrons. The first-order valence-corrected chi connectivity index (χ1v) is 22.2. The Hall–Kier alpha value is -8.41. The van der Waals surface area contributed by atoms with Gasteiger partial charge in [0.25, 0.3) is 0 Å². The predicted molar refractivity (Wildman–Crippen MR) is 266 cm³/mol. The van der Waals surface area contributed by atoms with Gasteiger partial charge in [0, 0.05) is 49.3 Å². The Morgan fingerprint density at radius 3 is 1.66 bits per heavy atom. The minimum absolute atomic E-state index is 0.175. The summed E-state index contributed by atoms with van der Waals surface area (Å²) in [6.45, 7) is 4.68. The lowest BCUT2D eigenvalue weighted by atomic mass is 9.81. The fourth-order valence-electron chi connectivity index (χ4n) is 10.1. The fraction of sp³-hybridized carbons (Fsp3) is 0.0500. The third kappa shape index (κ3) is 5.97. The average molecular weight is 833 g/mol. The number of rotatable bonds is 6. The van der Waals surface area contributed by atoms with Crippen molar-refractivity contribution in [1.82, 2.24) is 19.5 Å². The van der Waals surface area contributed by atoms with Crippen LogP contribution in [0.2, 0.25) is 0 Å². The quantitative estimate of drug-likeness (QED) is 0.167. The van der Waals surface area contributed by atoms with Crippen molar-refractivity contribution >= 4 is 43.7 Å². The van der Waals surface area contributed by atoms with E-state index in [1.165, 1.54) is 60.6 Å². The fourth-order valence-corrected chi connectivity index (χ4v) is 10.1. The second-order valence-corrected chi connectivity index (χ2v) is 17.6. The Morgan fingerprint density at radius 1 is 0.354 bits per heavy atom. The average Bonchev–Trinajstić information content (AvgIpc) is 3.98. The molecule has 0 aliphatic heterocycles. The zero-order chi connectivity index (χ0) is 43.2. The van der Waals surface area contributed by atoms with Crippen molar-refractivity contribution in [3.63, 3.8) is 0 Å². The lowest BCUT2D eigenvalue weighted by Crippen LogP contribution is -2.15. The van der Waals surface area contributed by atoms with Gasteiger partial charge in [0.15, 0.2) is 17.5 Å². The van der Waals surface area contributed by atoms with Crippen molar-refractivity contribution in [2.45, 2.75) is 19.3 Å². The summed E-state index contributed by atoms with van der Waals surface area (Å²) in [6.07, 6.45) is 0. The first-order valence-electron chi connectivity index (χ1n) is 22.2. The van der Waals surface area contributed by atoms with Gasteiger partial charge in [-0.3, -0.25) is 0 Å². The number of hydrogen-bond donors (Lipinski definition) is 0. The van der Waals surface area contributed by atoms with Gasteiger partial charge >= 0.3 is 0 Å². The van der Waals surface area contributed by atoms with Gasteiger partial charge in [-0.1, -0.05) is 159 Å². The number of furan rings is 1. The van der Waals surface area contributed by atoms with Crippen LogP contribution in [0, 0.1) is 0 Å². The maximum atomic E-state index is 6.34. The van der Waals surface area contributed by atoms with Gasteiger partial charge in [-0.25, -0.2) is 15.0 Å². The lowest BCUT2D eigenvalue weighted by Gasteiger charge is -2.22. The van der Waals surface area contributed by atoms with Crippen LogP contribution in [0.5, 0.6) is 0 Å². The highest BCUT2D eigenvalue weighted by Crippen LogP contribution is 2.52. The van der Waals surface area contributed by atoms with Crippen molar-refractivity contribution in [2.75, 3.05) is 0 Å². The number of nitrogens with zero attached hydrogens (tertiary/aromatic N) is 4. The van der Waals surface area contributed by atoms with E-state index in [0.717, 1.165) is 50.1 Å². The lowest BCUT2D eigenvalue weighted by molar-refractivity contribution is 0.647. The number of benzene rings is 9. The summed E-state index contributed by atoms with van der Waals surface area (Å²) in [4.78, 5) is 14.9. The van der Waals surface area contributed by atoms with E-state index in [1.807, 2.05) is 66.7 Å². The summed E-state index contributed by atoms with van der Waals surface area (Å²) < 4.78 is 8.73. The Balaban J connectivity index is 0.849. The summed E-state index contributed by atoms with van der Waals surface area (Å²) in [5.41, 5.74) is 17.9. The van der Waals surface area contributed by atoms with E-state index < -0.39 is 0 Å². The van der Waals surface area contributed by atoms with Crippen LogP contribution in [-0.4, -0.2) is 19.5 Å². The highest BCUT2D eigenvalue weighted by Gasteiger charge is 2.36. The monoisotopic (exact) mass is 832 g/mol. The summed E-state index contributed by atoms with van der Waals surface area (Å²) in [7, 11) is 0. The first-order chi connectivity index (χ1) is 31.9. The summed E-state index contributed by atoms with van der Waals surface area (Å²) in [5, 5.41) is 4.79. The zero-order valence-corrected chi connectivity index (χ0v) is 35.8. The minimum Gasteiger partial charge on any atom is -0.456 e. The molecule has 9 aromatic carbocycles. The third-order valence-electron chi connectivity index (χ3n) is 13.5. The molecule has 3 aromatic heterocycles. The molecule has 0 saturated carbocycles. The van der Waals surface area contributed by atoms with Crippen molar-refractivity contribution in [3.8, 4) is 73.2 Å². The van der Waals surface area contributed by atoms with Crippen LogP contribution in [-0.2, 0) is 5.41 Å². The largest absolute Gasteiger partial charge is 0.456 e. The molecule has 12 aromatic rings. The van der Waals surface area contributed by atoms with Crippen molar-refractivity contribution < 1.29 is 4.42 Å². The maximum Gasteiger partial charge on any atom is 0.164 e. The maximum absolute atomic E-state index is 6.34. The number of aromatic nitrogens is 4. The van der Waals surface area contributed by atoms with E-state index in [2.05, 4.69) is 158 Å². The van der Waals surface area contributed by atoms with Gasteiger partial charge in [-0.2, -0.15) is 0 Å². The molecule has 0 unspecified atom stereocenters. The van der Waals surface area contributed by atoms with E-state index in [0.29, 0.717) is 17.5 Å². The zero-order valence-electron chi connectivity index (χ0n) is 35.8. The van der Waals surface area contributed by atoms with Crippen molar-refractivity contribution in [1.29, 1.82) is 0 Å². The van der Waals surface area contributed by atoms with Gasteiger partial charge < -0.3 is 8.98 Å². The second-order valence-electron chi connectivity index (χ2n) is 17.6. The number of hydrogen-bond acceptors (Lipinski definition) is 4. The van der Waals surface area contributed by atoms with Gasteiger partial charge in [-0.15, -0.1) is 0 Å². The number of fused-ring (bicyclic) bond motifs is 9. The Kier molecular flexibility index (Phi) is 8.18. The van der Waals surface area contributed by atoms with Crippen LogP contribution >= 0.6 is 0 Å². The Morgan fingerprint density at radius 2 is 0.908 bits per heavy atom. The summed E-state index contributed by atoms with van der Waals surface area (Å²) in [6, 6.07) is 73.2. The molecule has 0 N–H and O–H groups in total. The van der Waals surface area contributed by atoms with Crippen molar-refractivity contribution in [2.24, 2.45) is 0 Å². The minimum atomic E-state index is -0.175. The number of para-hydroxylation sites is 2. The Labute approximate surface area is 376 Å². The first kappa shape index (κ1) is 37.2. The molecular weight excluding hydrogens is 793 g/mol. The smallest absolute Gasteiger partial charge is 0.164 e. The molecule has 5 heteroatoms.